The van der Waals surface area contributed by atoms with Crippen molar-refractivity contribution in [3.05, 3.63) is 35.6 Å². The summed E-state index contributed by atoms with van der Waals surface area (Å²) in [5, 5.41) is 0. The number of amides is 1. The first-order valence-electron chi connectivity index (χ1n) is 11.1. The predicted octanol–water partition coefficient (Wildman–Crippen LogP) is 4.93. The summed E-state index contributed by atoms with van der Waals surface area (Å²) in [5.41, 5.74) is 2.15. The fourth-order valence-electron chi connectivity index (χ4n) is 4.28. The standard InChI is InChI=1S/C24H35N3O2/c1-6-26(7-2)20-14-12-19(13-15-20)16-22-23(28)27(8-3)24(29-22)25-21-11-9-10-17(4)18(21)5/h12-18,21H,6-11H2,1-5H3. The maximum absolute atomic E-state index is 12.9. The zero-order valence-corrected chi connectivity index (χ0v) is 18.5. The van der Waals surface area contributed by atoms with Crippen LogP contribution in [0, 0.1) is 11.8 Å². The molecule has 1 saturated carbocycles. The zero-order chi connectivity index (χ0) is 21.0. The molecule has 0 radical (unpaired) electrons. The first-order chi connectivity index (χ1) is 14.0. The van der Waals surface area contributed by atoms with Gasteiger partial charge in [0.05, 0.1) is 6.04 Å². The second kappa shape index (κ2) is 9.47. The Bertz CT molecular complexity index is 765. The molecule has 1 heterocycles. The van der Waals surface area contributed by atoms with Gasteiger partial charge in [-0.2, -0.15) is 0 Å². The topological polar surface area (TPSA) is 45.1 Å². The largest absolute Gasteiger partial charge is 0.420 e. The summed E-state index contributed by atoms with van der Waals surface area (Å²) in [6, 6.07) is 8.95. The van der Waals surface area contributed by atoms with Crippen LogP contribution in [0.15, 0.2) is 35.0 Å². The highest BCUT2D eigenvalue weighted by Gasteiger charge is 2.36. The molecule has 0 N–H and O–H groups in total. The van der Waals surface area contributed by atoms with Gasteiger partial charge in [0.25, 0.3) is 5.91 Å². The van der Waals surface area contributed by atoms with Crippen molar-refractivity contribution >= 4 is 23.7 Å². The van der Waals surface area contributed by atoms with Crippen molar-refractivity contribution in [1.82, 2.24) is 4.90 Å². The SMILES string of the molecule is CCN1C(=O)C(=Cc2ccc(N(CC)CC)cc2)OC1=NC1CCCC(C)C1C. The number of rotatable bonds is 6. The van der Waals surface area contributed by atoms with E-state index in [1.54, 1.807) is 4.90 Å². The fourth-order valence-corrected chi connectivity index (χ4v) is 4.28. The highest BCUT2D eigenvalue weighted by atomic mass is 16.5. The van der Waals surface area contributed by atoms with Crippen LogP contribution in [0.25, 0.3) is 6.08 Å². The van der Waals surface area contributed by atoms with Crippen LogP contribution >= 0.6 is 0 Å². The molecule has 1 aromatic carbocycles. The second-order valence-corrected chi connectivity index (χ2v) is 8.17. The lowest BCUT2D eigenvalue weighted by Crippen LogP contribution is -2.33. The van der Waals surface area contributed by atoms with Gasteiger partial charge in [0.2, 0.25) is 0 Å². The lowest BCUT2D eigenvalue weighted by Gasteiger charge is -2.31. The normalized spacial score (nSPS) is 27.6. The van der Waals surface area contributed by atoms with E-state index < -0.39 is 0 Å². The van der Waals surface area contributed by atoms with Gasteiger partial charge in [-0.1, -0.05) is 38.8 Å². The average molecular weight is 398 g/mol. The van der Waals surface area contributed by atoms with Crippen LogP contribution in [0.2, 0.25) is 0 Å². The molecule has 0 aromatic heterocycles. The van der Waals surface area contributed by atoms with Crippen LogP contribution in [0.3, 0.4) is 0 Å². The van der Waals surface area contributed by atoms with Crippen molar-refractivity contribution in [3.63, 3.8) is 0 Å². The Hall–Kier alpha value is -2.30. The summed E-state index contributed by atoms with van der Waals surface area (Å²) in [5.74, 6) is 1.42. The van der Waals surface area contributed by atoms with Gasteiger partial charge < -0.3 is 9.64 Å². The number of benzene rings is 1. The molecule has 0 bridgehead atoms. The summed E-state index contributed by atoms with van der Waals surface area (Å²) in [6.45, 7) is 13.3. The van der Waals surface area contributed by atoms with Crippen LogP contribution in [0.5, 0.6) is 0 Å². The molecule has 2 fully saturated rings. The van der Waals surface area contributed by atoms with E-state index in [9.17, 15) is 4.79 Å². The number of carbonyl (C=O) groups excluding carboxylic acids is 1. The molecule has 1 aliphatic heterocycles. The van der Waals surface area contributed by atoms with E-state index in [0.717, 1.165) is 25.1 Å². The predicted molar refractivity (Wildman–Crippen MR) is 120 cm³/mol. The van der Waals surface area contributed by atoms with Gasteiger partial charge in [-0.05, 0) is 62.8 Å². The molecule has 1 aliphatic carbocycles. The molecule has 3 rings (SSSR count). The van der Waals surface area contributed by atoms with E-state index in [2.05, 4.69) is 44.7 Å². The fraction of sp³-hybridized carbons (Fsp3) is 0.583. The van der Waals surface area contributed by atoms with Gasteiger partial charge in [0.1, 0.15) is 0 Å². The lowest BCUT2D eigenvalue weighted by molar-refractivity contribution is -0.122. The van der Waals surface area contributed by atoms with E-state index in [-0.39, 0.29) is 11.9 Å². The third kappa shape index (κ3) is 4.65. The number of hydrogen-bond acceptors (Lipinski definition) is 4. The summed E-state index contributed by atoms with van der Waals surface area (Å²) in [7, 11) is 0. The van der Waals surface area contributed by atoms with Crippen molar-refractivity contribution < 1.29 is 9.53 Å². The number of amidine groups is 1. The molecule has 1 amide bonds. The monoisotopic (exact) mass is 397 g/mol. The minimum Gasteiger partial charge on any atom is -0.420 e. The smallest absolute Gasteiger partial charge is 0.300 e. The van der Waals surface area contributed by atoms with E-state index in [1.807, 2.05) is 25.1 Å². The van der Waals surface area contributed by atoms with Crippen molar-refractivity contribution in [2.75, 3.05) is 24.5 Å². The zero-order valence-electron chi connectivity index (χ0n) is 18.5. The van der Waals surface area contributed by atoms with Gasteiger partial charge in [-0.15, -0.1) is 0 Å². The van der Waals surface area contributed by atoms with Crippen molar-refractivity contribution in [3.8, 4) is 0 Å². The second-order valence-electron chi connectivity index (χ2n) is 8.17. The third-order valence-electron chi connectivity index (χ3n) is 6.46. The quantitative estimate of drug-likeness (QED) is 0.639. The Balaban J connectivity index is 1.80. The van der Waals surface area contributed by atoms with Crippen LogP contribution in [-0.4, -0.2) is 42.5 Å². The van der Waals surface area contributed by atoms with Crippen molar-refractivity contribution in [2.24, 2.45) is 16.8 Å². The number of nitrogens with zero attached hydrogens (tertiary/aromatic N) is 3. The maximum atomic E-state index is 12.9. The lowest BCUT2D eigenvalue weighted by atomic mass is 9.78. The molecular formula is C24H35N3O2. The minimum absolute atomic E-state index is 0.101. The molecule has 1 saturated heterocycles. The van der Waals surface area contributed by atoms with Gasteiger partial charge in [0.15, 0.2) is 5.76 Å². The molecule has 3 unspecified atom stereocenters. The van der Waals surface area contributed by atoms with E-state index in [0.29, 0.717) is 30.2 Å². The summed E-state index contributed by atoms with van der Waals surface area (Å²) >= 11 is 0. The first-order valence-corrected chi connectivity index (χ1v) is 11.1. The van der Waals surface area contributed by atoms with Crippen molar-refractivity contribution in [1.29, 1.82) is 0 Å². The summed E-state index contributed by atoms with van der Waals surface area (Å²) < 4.78 is 5.96. The molecule has 0 spiro atoms. The number of anilines is 1. The molecule has 29 heavy (non-hydrogen) atoms. The molecular weight excluding hydrogens is 362 g/mol. The van der Waals surface area contributed by atoms with Crippen LogP contribution in [-0.2, 0) is 9.53 Å². The minimum atomic E-state index is -0.101. The van der Waals surface area contributed by atoms with Gasteiger partial charge in [-0.3, -0.25) is 9.69 Å². The number of likely N-dealkylation sites (N-methyl/N-ethyl adjacent to an activating group) is 1. The van der Waals surface area contributed by atoms with Crippen molar-refractivity contribution in [2.45, 2.75) is 59.9 Å². The Morgan fingerprint density at radius 3 is 2.45 bits per heavy atom. The number of aliphatic imine (C=N–C) groups is 1. The van der Waals surface area contributed by atoms with E-state index in [1.165, 1.54) is 18.5 Å². The Morgan fingerprint density at radius 2 is 1.83 bits per heavy atom. The molecule has 5 heteroatoms. The Labute approximate surface area is 175 Å². The van der Waals surface area contributed by atoms with E-state index in [4.69, 9.17) is 9.73 Å². The van der Waals surface area contributed by atoms with Crippen LogP contribution in [0.4, 0.5) is 5.69 Å². The Morgan fingerprint density at radius 1 is 1.14 bits per heavy atom. The molecule has 3 atom stereocenters. The number of hydrogen-bond donors (Lipinski definition) is 0. The maximum Gasteiger partial charge on any atom is 0.300 e. The number of carbonyl (C=O) groups is 1. The molecule has 1 aromatic rings. The van der Waals surface area contributed by atoms with E-state index >= 15 is 0 Å². The molecule has 158 valence electrons. The average Bonchev–Trinajstić information content (AvgIpc) is 3.01. The van der Waals surface area contributed by atoms with Gasteiger partial charge in [0, 0.05) is 25.3 Å². The van der Waals surface area contributed by atoms with Crippen LogP contribution < -0.4 is 4.90 Å². The molecule has 2 aliphatic rings. The first kappa shape index (κ1) is 21.4. The van der Waals surface area contributed by atoms with Gasteiger partial charge >= 0.3 is 6.02 Å². The number of ether oxygens (including phenoxy) is 1. The van der Waals surface area contributed by atoms with Crippen LogP contribution in [0.1, 0.15) is 59.4 Å². The summed E-state index contributed by atoms with van der Waals surface area (Å²) in [6.07, 6.45) is 5.34. The highest BCUT2D eigenvalue weighted by molar-refractivity contribution is 6.11. The summed E-state index contributed by atoms with van der Waals surface area (Å²) in [4.78, 5) is 21.7. The molecule has 5 nitrogen and oxygen atoms in total. The van der Waals surface area contributed by atoms with Gasteiger partial charge in [-0.25, -0.2) is 4.99 Å². The highest BCUT2D eigenvalue weighted by Crippen LogP contribution is 2.32. The third-order valence-corrected chi connectivity index (χ3v) is 6.46. The Kier molecular flexibility index (Phi) is 6.99.